The zero-order chi connectivity index (χ0) is 30.8. The number of ether oxygens (including phenoxy) is 3. The number of halogens is 2. The van der Waals surface area contributed by atoms with Gasteiger partial charge in [0.1, 0.15) is 17.0 Å². The van der Waals surface area contributed by atoms with Gasteiger partial charge < -0.3 is 30.2 Å². The number of carbonyl (C=O) groups is 2. The summed E-state index contributed by atoms with van der Waals surface area (Å²) in [6.45, 7) is 4.88. The van der Waals surface area contributed by atoms with Crippen molar-refractivity contribution in [3.8, 4) is 22.6 Å². The third kappa shape index (κ3) is 6.22. The number of benzene rings is 2. The summed E-state index contributed by atoms with van der Waals surface area (Å²) in [6, 6.07) is 13.2. The molecular formula is C30H30F2N6O5. The number of anilines is 1. The second-order valence-corrected chi connectivity index (χ2v) is 10.6. The summed E-state index contributed by atoms with van der Waals surface area (Å²) in [4.78, 5) is 42.1. The van der Waals surface area contributed by atoms with Gasteiger partial charge in [0.2, 0.25) is 5.95 Å². The lowest BCUT2D eigenvalue weighted by molar-refractivity contribution is -0.294. The van der Waals surface area contributed by atoms with Gasteiger partial charge in [-0.3, -0.25) is 9.59 Å². The largest absolute Gasteiger partial charge is 0.462 e. The minimum Gasteiger partial charge on any atom is -0.462 e. The summed E-state index contributed by atoms with van der Waals surface area (Å²) in [5.74, 6) is -4.33. The standard InChI is InChI=1S/C30H30F2N6O5/c1-17(2)43-27(40)29(3)15-41-30(25(33)39,42-16-29)26-37-23(19-6-10-21(32)11-7-19)24(38-26)22-12-13-34-28(36-22)35-14-18-4-8-20(31)9-5-18/h4-13,17H,14-16H2,1-3H3,(H2,33,39)(H,37,38)(H,34,35,36). The number of rotatable bonds is 9. The van der Waals surface area contributed by atoms with E-state index in [2.05, 4.69) is 25.3 Å². The van der Waals surface area contributed by atoms with Gasteiger partial charge in [0.15, 0.2) is 5.82 Å². The van der Waals surface area contributed by atoms with Crippen LogP contribution in [0.15, 0.2) is 60.8 Å². The molecule has 1 fully saturated rings. The maximum atomic E-state index is 13.8. The van der Waals surface area contributed by atoms with Crippen molar-refractivity contribution in [2.24, 2.45) is 11.1 Å². The molecule has 4 aromatic rings. The van der Waals surface area contributed by atoms with Crippen molar-refractivity contribution < 1.29 is 32.6 Å². The highest BCUT2D eigenvalue weighted by molar-refractivity contribution is 5.85. The van der Waals surface area contributed by atoms with Crippen LogP contribution >= 0.6 is 0 Å². The molecule has 0 atom stereocenters. The molecule has 0 unspecified atom stereocenters. The van der Waals surface area contributed by atoms with Gasteiger partial charge in [-0.05, 0) is 68.8 Å². The molecule has 2 aromatic heterocycles. The predicted molar refractivity (Wildman–Crippen MR) is 151 cm³/mol. The third-order valence-corrected chi connectivity index (χ3v) is 6.76. The lowest BCUT2D eigenvalue weighted by Crippen LogP contribution is -2.56. The maximum Gasteiger partial charge on any atom is 0.316 e. The van der Waals surface area contributed by atoms with E-state index in [1.54, 1.807) is 39.0 Å². The predicted octanol–water partition coefficient (Wildman–Crippen LogP) is 4.07. The van der Waals surface area contributed by atoms with E-state index in [-0.39, 0.29) is 36.9 Å². The number of esters is 1. The SMILES string of the molecule is CC(C)OC(=O)C1(C)COC(C(N)=O)(c2nc(-c3ccc(F)cc3)c(-c3ccnc(NCc4ccc(F)cc4)n3)[nH]2)OC1. The summed E-state index contributed by atoms with van der Waals surface area (Å²) in [5.41, 5.74) is 6.92. The third-order valence-electron chi connectivity index (χ3n) is 6.76. The van der Waals surface area contributed by atoms with Crippen LogP contribution in [0.2, 0.25) is 0 Å². The molecule has 0 saturated carbocycles. The average Bonchev–Trinajstić information content (AvgIpc) is 3.43. The first kappa shape index (κ1) is 29.7. The van der Waals surface area contributed by atoms with Crippen molar-refractivity contribution in [3.63, 3.8) is 0 Å². The van der Waals surface area contributed by atoms with Crippen LogP contribution in [0.3, 0.4) is 0 Å². The highest BCUT2D eigenvalue weighted by Crippen LogP contribution is 2.39. The smallest absolute Gasteiger partial charge is 0.316 e. The number of nitrogens with zero attached hydrogens (tertiary/aromatic N) is 3. The molecule has 5 rings (SSSR count). The highest BCUT2D eigenvalue weighted by Gasteiger charge is 2.54. The van der Waals surface area contributed by atoms with Crippen LogP contribution < -0.4 is 11.1 Å². The molecule has 1 saturated heterocycles. The van der Waals surface area contributed by atoms with Crippen LogP contribution in [0.5, 0.6) is 0 Å². The van der Waals surface area contributed by atoms with Crippen LogP contribution in [0.25, 0.3) is 22.6 Å². The lowest BCUT2D eigenvalue weighted by Gasteiger charge is -2.40. The number of amides is 1. The van der Waals surface area contributed by atoms with Gasteiger partial charge in [-0.2, -0.15) is 0 Å². The molecule has 1 aliphatic heterocycles. The van der Waals surface area contributed by atoms with Crippen molar-refractivity contribution >= 4 is 17.8 Å². The monoisotopic (exact) mass is 592 g/mol. The van der Waals surface area contributed by atoms with E-state index in [0.717, 1.165) is 5.56 Å². The molecule has 13 heteroatoms. The summed E-state index contributed by atoms with van der Waals surface area (Å²) in [7, 11) is 0. The Morgan fingerprint density at radius 1 is 1.02 bits per heavy atom. The van der Waals surface area contributed by atoms with Crippen molar-refractivity contribution in [2.45, 2.75) is 39.2 Å². The van der Waals surface area contributed by atoms with E-state index in [9.17, 15) is 18.4 Å². The Morgan fingerprint density at radius 3 is 2.26 bits per heavy atom. The number of aromatic nitrogens is 4. The maximum absolute atomic E-state index is 13.8. The van der Waals surface area contributed by atoms with Crippen molar-refractivity contribution in [1.29, 1.82) is 0 Å². The summed E-state index contributed by atoms with van der Waals surface area (Å²) >= 11 is 0. The van der Waals surface area contributed by atoms with Crippen LogP contribution in [0.1, 0.15) is 32.2 Å². The molecule has 224 valence electrons. The Balaban J connectivity index is 1.50. The molecule has 0 aliphatic carbocycles. The summed E-state index contributed by atoms with van der Waals surface area (Å²) in [5, 5.41) is 3.09. The molecule has 1 amide bonds. The number of carbonyl (C=O) groups excluding carboxylic acids is 2. The van der Waals surface area contributed by atoms with Gasteiger partial charge in [-0.1, -0.05) is 12.1 Å². The van der Waals surface area contributed by atoms with Gasteiger partial charge in [-0.25, -0.2) is 23.7 Å². The molecule has 43 heavy (non-hydrogen) atoms. The first-order valence-electron chi connectivity index (χ1n) is 13.5. The number of primary amides is 1. The fourth-order valence-electron chi connectivity index (χ4n) is 4.37. The fourth-order valence-corrected chi connectivity index (χ4v) is 4.37. The Bertz CT molecular complexity index is 1620. The molecule has 0 spiro atoms. The van der Waals surface area contributed by atoms with Gasteiger partial charge in [0, 0.05) is 18.3 Å². The Hall–Kier alpha value is -4.75. The number of aromatic amines is 1. The molecule has 11 nitrogen and oxygen atoms in total. The number of nitrogens with one attached hydrogen (secondary N) is 2. The Morgan fingerprint density at radius 2 is 1.65 bits per heavy atom. The van der Waals surface area contributed by atoms with Gasteiger partial charge in [-0.15, -0.1) is 0 Å². The van der Waals surface area contributed by atoms with E-state index in [1.165, 1.54) is 42.6 Å². The molecule has 1 aliphatic rings. The number of imidazole rings is 1. The van der Waals surface area contributed by atoms with Crippen molar-refractivity contribution in [3.05, 3.63) is 83.8 Å². The Kier molecular flexibility index (Phi) is 8.20. The first-order valence-corrected chi connectivity index (χ1v) is 13.5. The fraction of sp³-hybridized carbons (Fsp3) is 0.300. The molecule has 0 bridgehead atoms. The average molecular weight is 593 g/mol. The van der Waals surface area contributed by atoms with E-state index < -0.39 is 28.9 Å². The lowest BCUT2D eigenvalue weighted by atomic mass is 9.91. The second-order valence-electron chi connectivity index (χ2n) is 10.6. The first-order chi connectivity index (χ1) is 20.5. The molecule has 2 aromatic carbocycles. The van der Waals surface area contributed by atoms with Crippen LogP contribution in [0, 0.1) is 17.0 Å². The van der Waals surface area contributed by atoms with E-state index >= 15 is 0 Å². The van der Waals surface area contributed by atoms with E-state index in [4.69, 9.17) is 19.9 Å². The van der Waals surface area contributed by atoms with Gasteiger partial charge in [0.25, 0.3) is 5.91 Å². The second kappa shape index (κ2) is 11.9. The number of hydrogen-bond donors (Lipinski definition) is 3. The molecule has 0 radical (unpaired) electrons. The van der Waals surface area contributed by atoms with Crippen molar-refractivity contribution in [2.75, 3.05) is 18.5 Å². The van der Waals surface area contributed by atoms with E-state index in [0.29, 0.717) is 29.2 Å². The highest BCUT2D eigenvalue weighted by atomic mass is 19.1. The minimum atomic E-state index is -2.17. The normalized spacial score (nSPS) is 20.1. The zero-order valence-electron chi connectivity index (χ0n) is 23.7. The zero-order valence-corrected chi connectivity index (χ0v) is 23.7. The quantitative estimate of drug-likeness (QED) is 0.244. The van der Waals surface area contributed by atoms with Crippen LogP contribution in [-0.2, 0) is 36.1 Å². The van der Waals surface area contributed by atoms with Crippen LogP contribution in [-0.4, -0.2) is 51.1 Å². The van der Waals surface area contributed by atoms with Crippen LogP contribution in [0.4, 0.5) is 14.7 Å². The topological polar surface area (TPSA) is 154 Å². The van der Waals surface area contributed by atoms with E-state index in [1.807, 2.05) is 0 Å². The number of hydrogen-bond acceptors (Lipinski definition) is 9. The number of H-pyrrole nitrogens is 1. The summed E-state index contributed by atoms with van der Waals surface area (Å²) in [6.07, 6.45) is 1.16. The molecule has 4 N–H and O–H groups in total. The Labute approximate surface area is 245 Å². The molecular weight excluding hydrogens is 562 g/mol. The minimum absolute atomic E-state index is 0.0898. The summed E-state index contributed by atoms with van der Waals surface area (Å²) < 4.78 is 44.2. The van der Waals surface area contributed by atoms with Gasteiger partial charge >= 0.3 is 11.8 Å². The number of nitrogens with two attached hydrogens (primary N) is 1. The van der Waals surface area contributed by atoms with Gasteiger partial charge in [0.05, 0.1) is 36.4 Å². The molecule has 3 heterocycles. The van der Waals surface area contributed by atoms with Crippen molar-refractivity contribution in [1.82, 2.24) is 19.9 Å².